The van der Waals surface area contributed by atoms with Gasteiger partial charge in [-0.05, 0) is 42.1 Å². The summed E-state index contributed by atoms with van der Waals surface area (Å²) >= 11 is 0. The fourth-order valence-corrected chi connectivity index (χ4v) is 2.73. The molecule has 1 aliphatic rings. The predicted octanol–water partition coefficient (Wildman–Crippen LogP) is 2.97. The molecule has 0 aromatic carbocycles. The van der Waals surface area contributed by atoms with E-state index in [0.717, 1.165) is 24.6 Å². The number of hydrogen-bond acceptors (Lipinski definition) is 2. The van der Waals surface area contributed by atoms with E-state index < -0.39 is 0 Å². The number of pyridine rings is 1. The van der Waals surface area contributed by atoms with E-state index in [-0.39, 0.29) is 0 Å². The molecule has 2 nitrogen and oxygen atoms in total. The van der Waals surface area contributed by atoms with E-state index in [9.17, 15) is 0 Å². The third kappa shape index (κ3) is 2.38. The van der Waals surface area contributed by atoms with E-state index in [1.807, 2.05) is 6.20 Å². The fraction of sp³-hybridized carbons (Fsp3) is 0.615. The second-order valence-electron chi connectivity index (χ2n) is 5.05. The van der Waals surface area contributed by atoms with Crippen LogP contribution in [0.3, 0.4) is 0 Å². The van der Waals surface area contributed by atoms with Gasteiger partial charge in [-0.2, -0.15) is 0 Å². The average Bonchev–Trinajstić information content (AvgIpc) is 2.64. The van der Waals surface area contributed by atoms with Crippen LogP contribution in [0.1, 0.15) is 37.3 Å². The molecule has 88 valence electrons. The minimum Gasteiger partial charge on any atom is -0.356 e. The molecule has 3 heteroatoms. The smallest absolute Gasteiger partial charge is 0.128 e. The molecule has 1 fully saturated rings. The van der Waals surface area contributed by atoms with Crippen molar-refractivity contribution in [3.8, 4) is 0 Å². The molecular formula is C13H21N2P. The first-order valence-corrected chi connectivity index (χ1v) is 6.71. The maximum atomic E-state index is 4.59. The molecule has 0 spiro atoms. The third-order valence-corrected chi connectivity index (χ3v) is 3.85. The molecule has 1 aliphatic heterocycles. The van der Waals surface area contributed by atoms with Crippen molar-refractivity contribution < 1.29 is 0 Å². The second-order valence-corrected chi connectivity index (χ2v) is 5.99. The van der Waals surface area contributed by atoms with Crippen molar-refractivity contribution in [1.29, 1.82) is 0 Å². The minimum atomic E-state index is 0.564. The van der Waals surface area contributed by atoms with Crippen LogP contribution in [0.4, 0.5) is 5.82 Å². The van der Waals surface area contributed by atoms with Crippen LogP contribution in [0.2, 0.25) is 0 Å². The van der Waals surface area contributed by atoms with E-state index in [2.05, 4.69) is 46.0 Å². The van der Waals surface area contributed by atoms with E-state index in [0.29, 0.717) is 5.92 Å². The molecule has 2 unspecified atom stereocenters. The van der Waals surface area contributed by atoms with E-state index in [1.54, 1.807) is 0 Å². The largest absolute Gasteiger partial charge is 0.356 e. The Kier molecular flexibility index (Phi) is 3.49. The van der Waals surface area contributed by atoms with E-state index in [4.69, 9.17) is 0 Å². The summed E-state index contributed by atoms with van der Waals surface area (Å²) in [6, 6.07) is 2.23. The molecule has 0 N–H and O–H groups in total. The molecule has 0 saturated carbocycles. The molecule has 0 radical (unpaired) electrons. The van der Waals surface area contributed by atoms with Crippen LogP contribution < -0.4 is 4.90 Å². The monoisotopic (exact) mass is 236 g/mol. The lowest BCUT2D eigenvalue weighted by molar-refractivity contribution is 0.840. The second kappa shape index (κ2) is 4.71. The van der Waals surface area contributed by atoms with Crippen molar-refractivity contribution in [3.05, 3.63) is 23.4 Å². The maximum absolute atomic E-state index is 4.59. The summed E-state index contributed by atoms with van der Waals surface area (Å²) in [6.45, 7) is 8.89. The van der Waals surface area contributed by atoms with Gasteiger partial charge < -0.3 is 4.90 Å². The highest BCUT2D eigenvalue weighted by Gasteiger charge is 2.20. The Labute approximate surface area is 101 Å². The number of nitrogens with zero attached hydrogens (tertiary/aromatic N) is 2. The first kappa shape index (κ1) is 11.9. The van der Waals surface area contributed by atoms with Crippen molar-refractivity contribution in [2.24, 2.45) is 0 Å². The Bertz CT molecular complexity index is 376. The van der Waals surface area contributed by atoms with Crippen LogP contribution in [0.25, 0.3) is 0 Å². The van der Waals surface area contributed by atoms with Gasteiger partial charge in [-0.1, -0.05) is 13.8 Å². The molecule has 2 atom stereocenters. The number of rotatable bonds is 2. The molecule has 1 aromatic rings. The lowest BCUT2D eigenvalue weighted by Crippen LogP contribution is -2.21. The summed E-state index contributed by atoms with van der Waals surface area (Å²) in [5.41, 5.74) is 3.46. The number of aryl methyl sites for hydroxylation is 1. The van der Waals surface area contributed by atoms with Crippen molar-refractivity contribution in [1.82, 2.24) is 4.98 Å². The zero-order chi connectivity index (χ0) is 11.7. The van der Waals surface area contributed by atoms with Crippen molar-refractivity contribution in [2.75, 3.05) is 18.0 Å². The summed E-state index contributed by atoms with van der Waals surface area (Å²) in [5, 5.41) is 0. The minimum absolute atomic E-state index is 0.564. The van der Waals surface area contributed by atoms with E-state index >= 15 is 0 Å². The van der Waals surface area contributed by atoms with Crippen molar-refractivity contribution in [2.45, 2.75) is 38.8 Å². The van der Waals surface area contributed by atoms with Crippen molar-refractivity contribution >= 4 is 15.1 Å². The van der Waals surface area contributed by atoms with Gasteiger partial charge in [-0.3, -0.25) is 0 Å². The highest BCUT2D eigenvalue weighted by Crippen LogP contribution is 2.26. The van der Waals surface area contributed by atoms with Gasteiger partial charge in [0.1, 0.15) is 5.82 Å². The summed E-state index contributed by atoms with van der Waals surface area (Å²) in [7, 11) is 2.91. The van der Waals surface area contributed by atoms with Crippen LogP contribution in [0.5, 0.6) is 0 Å². The lowest BCUT2D eigenvalue weighted by Gasteiger charge is -2.19. The van der Waals surface area contributed by atoms with Gasteiger partial charge >= 0.3 is 0 Å². The molecule has 0 bridgehead atoms. The Morgan fingerprint density at radius 3 is 2.75 bits per heavy atom. The van der Waals surface area contributed by atoms with Gasteiger partial charge in [0.05, 0.1) is 0 Å². The molecule has 1 saturated heterocycles. The quantitative estimate of drug-likeness (QED) is 0.734. The molecule has 16 heavy (non-hydrogen) atoms. The summed E-state index contributed by atoms with van der Waals surface area (Å²) < 4.78 is 0. The lowest BCUT2D eigenvalue weighted by atomic mass is 10.0. The molecule has 0 aliphatic carbocycles. The number of hydrogen-bond donors (Lipinski definition) is 0. The van der Waals surface area contributed by atoms with E-state index in [1.165, 1.54) is 17.5 Å². The van der Waals surface area contributed by atoms with Crippen LogP contribution in [-0.4, -0.2) is 23.7 Å². The van der Waals surface area contributed by atoms with Crippen molar-refractivity contribution in [3.63, 3.8) is 0 Å². The summed E-state index contributed by atoms with van der Waals surface area (Å²) in [6.07, 6.45) is 3.31. The number of aromatic nitrogens is 1. The predicted molar refractivity (Wildman–Crippen MR) is 73.4 cm³/mol. The highest BCUT2D eigenvalue weighted by atomic mass is 31.0. The molecule has 2 rings (SSSR count). The maximum Gasteiger partial charge on any atom is 0.128 e. The zero-order valence-corrected chi connectivity index (χ0v) is 11.6. The van der Waals surface area contributed by atoms with Gasteiger partial charge in [0, 0.05) is 19.3 Å². The van der Waals surface area contributed by atoms with Gasteiger partial charge in [0.2, 0.25) is 0 Å². The molecule has 2 heterocycles. The van der Waals surface area contributed by atoms with Gasteiger partial charge in [-0.25, -0.2) is 4.98 Å². The Morgan fingerprint density at radius 1 is 1.50 bits per heavy atom. The Morgan fingerprint density at radius 2 is 2.25 bits per heavy atom. The third-order valence-electron chi connectivity index (χ3n) is 3.31. The van der Waals surface area contributed by atoms with Crippen LogP contribution in [-0.2, 0) is 0 Å². The normalized spacial score (nSPS) is 20.8. The van der Waals surface area contributed by atoms with Gasteiger partial charge in [-0.15, -0.1) is 9.24 Å². The summed E-state index contributed by atoms with van der Waals surface area (Å²) in [5.74, 6) is 1.71. The standard InChI is InChI=1S/C13H21N2P/c1-9(2)12-7-14-13(6-10(12)3)15-5-4-11(16)8-15/h6-7,9,11H,4-5,8,16H2,1-3H3. The molecule has 0 amide bonds. The first-order chi connectivity index (χ1) is 7.58. The van der Waals surface area contributed by atoms with Crippen LogP contribution in [0, 0.1) is 6.92 Å². The summed E-state index contributed by atoms with van der Waals surface area (Å²) in [4.78, 5) is 6.98. The first-order valence-electron chi connectivity index (χ1n) is 6.05. The molecular weight excluding hydrogens is 215 g/mol. The average molecular weight is 236 g/mol. The van der Waals surface area contributed by atoms with Gasteiger partial charge in [0.15, 0.2) is 0 Å². The topological polar surface area (TPSA) is 16.1 Å². The Hall–Kier alpha value is -0.620. The van der Waals surface area contributed by atoms with Gasteiger partial charge in [0.25, 0.3) is 0 Å². The SMILES string of the molecule is Cc1cc(N2CCC(P)C2)ncc1C(C)C. The van der Waals surface area contributed by atoms with Crippen LogP contribution in [0.15, 0.2) is 12.3 Å². The van der Waals surface area contributed by atoms with Crippen LogP contribution >= 0.6 is 9.24 Å². The zero-order valence-electron chi connectivity index (χ0n) is 10.4. The fourth-order valence-electron chi connectivity index (χ4n) is 2.32. The highest BCUT2D eigenvalue weighted by molar-refractivity contribution is 7.17. The Balaban J connectivity index is 2.21. The number of anilines is 1. The molecule has 1 aromatic heterocycles.